The standard InChI is InChI=1S/C22H21NO3S/c1-2-9-17-10-8-11-18(16-17)22(24)20-14-6-7-15-21(20)23-27(25,26)19-12-4-3-5-13-19/h3-8,10-16,23H,2,9H2,1H3. The highest BCUT2D eigenvalue weighted by atomic mass is 32.2. The summed E-state index contributed by atoms with van der Waals surface area (Å²) in [5.41, 5.74) is 2.23. The molecule has 138 valence electrons. The van der Waals surface area contributed by atoms with Gasteiger partial charge in [0.2, 0.25) is 0 Å². The summed E-state index contributed by atoms with van der Waals surface area (Å²) < 4.78 is 27.8. The third kappa shape index (κ3) is 4.44. The summed E-state index contributed by atoms with van der Waals surface area (Å²) in [5, 5.41) is 0. The van der Waals surface area contributed by atoms with Crippen LogP contribution in [0.5, 0.6) is 0 Å². The van der Waals surface area contributed by atoms with Crippen molar-refractivity contribution < 1.29 is 13.2 Å². The Morgan fingerprint density at radius 3 is 2.33 bits per heavy atom. The third-order valence-corrected chi connectivity index (χ3v) is 5.58. The molecule has 27 heavy (non-hydrogen) atoms. The number of carbonyl (C=O) groups is 1. The quantitative estimate of drug-likeness (QED) is 0.607. The molecule has 0 bridgehead atoms. The van der Waals surface area contributed by atoms with Gasteiger partial charge in [-0.25, -0.2) is 8.42 Å². The van der Waals surface area contributed by atoms with Crippen LogP contribution in [0.15, 0.2) is 83.8 Å². The van der Waals surface area contributed by atoms with Gasteiger partial charge in [-0.1, -0.05) is 61.9 Å². The SMILES string of the molecule is CCCc1cccc(C(=O)c2ccccc2NS(=O)(=O)c2ccccc2)c1. The number of para-hydroxylation sites is 1. The summed E-state index contributed by atoms with van der Waals surface area (Å²) in [6, 6.07) is 22.2. The van der Waals surface area contributed by atoms with E-state index in [9.17, 15) is 13.2 Å². The van der Waals surface area contributed by atoms with Crippen molar-refractivity contribution in [1.82, 2.24) is 0 Å². The minimum absolute atomic E-state index is 0.150. The van der Waals surface area contributed by atoms with Crippen LogP contribution in [0.4, 0.5) is 5.69 Å². The lowest BCUT2D eigenvalue weighted by atomic mass is 9.99. The van der Waals surface area contributed by atoms with Crippen LogP contribution in [0.3, 0.4) is 0 Å². The fraction of sp³-hybridized carbons (Fsp3) is 0.136. The van der Waals surface area contributed by atoms with Crippen LogP contribution in [0.1, 0.15) is 34.8 Å². The molecule has 0 radical (unpaired) electrons. The molecule has 0 aromatic heterocycles. The van der Waals surface area contributed by atoms with Crippen LogP contribution in [0.25, 0.3) is 0 Å². The van der Waals surface area contributed by atoms with E-state index in [0.29, 0.717) is 11.1 Å². The lowest BCUT2D eigenvalue weighted by Gasteiger charge is -2.12. The van der Waals surface area contributed by atoms with Gasteiger partial charge in [0, 0.05) is 11.1 Å². The maximum atomic E-state index is 13.0. The molecule has 0 spiro atoms. The van der Waals surface area contributed by atoms with E-state index in [0.717, 1.165) is 18.4 Å². The lowest BCUT2D eigenvalue weighted by Crippen LogP contribution is -2.16. The molecule has 0 aliphatic heterocycles. The molecule has 0 unspecified atom stereocenters. The molecule has 3 aromatic carbocycles. The summed E-state index contributed by atoms with van der Waals surface area (Å²) in [5.74, 6) is -0.209. The van der Waals surface area contributed by atoms with Gasteiger partial charge in [-0.05, 0) is 42.3 Å². The number of anilines is 1. The van der Waals surface area contributed by atoms with Crippen LogP contribution in [-0.2, 0) is 16.4 Å². The first-order valence-electron chi connectivity index (χ1n) is 8.82. The van der Waals surface area contributed by atoms with E-state index in [1.165, 1.54) is 12.1 Å². The van der Waals surface area contributed by atoms with E-state index >= 15 is 0 Å². The second-order valence-corrected chi connectivity index (χ2v) is 7.93. The van der Waals surface area contributed by atoms with E-state index in [1.54, 1.807) is 48.5 Å². The van der Waals surface area contributed by atoms with E-state index in [2.05, 4.69) is 11.6 Å². The van der Waals surface area contributed by atoms with Crippen molar-refractivity contribution in [3.8, 4) is 0 Å². The van der Waals surface area contributed by atoms with Gasteiger partial charge in [0.15, 0.2) is 5.78 Å². The maximum absolute atomic E-state index is 13.0. The second kappa shape index (κ2) is 8.18. The molecular formula is C22H21NO3S. The molecular weight excluding hydrogens is 358 g/mol. The molecule has 1 N–H and O–H groups in total. The lowest BCUT2D eigenvalue weighted by molar-refractivity contribution is 0.103. The zero-order chi connectivity index (χ0) is 19.3. The Labute approximate surface area is 159 Å². The van der Waals surface area contributed by atoms with Crippen LogP contribution in [0.2, 0.25) is 0 Å². The smallest absolute Gasteiger partial charge is 0.261 e. The number of hydrogen-bond acceptors (Lipinski definition) is 3. The Balaban J connectivity index is 1.95. The Morgan fingerprint density at radius 1 is 0.889 bits per heavy atom. The number of carbonyl (C=O) groups excluding carboxylic acids is 1. The van der Waals surface area contributed by atoms with Crippen molar-refractivity contribution in [2.24, 2.45) is 0 Å². The predicted molar refractivity (Wildman–Crippen MR) is 108 cm³/mol. The van der Waals surface area contributed by atoms with E-state index in [-0.39, 0.29) is 16.4 Å². The number of sulfonamides is 1. The van der Waals surface area contributed by atoms with Gasteiger partial charge in [0.1, 0.15) is 0 Å². The Hall–Kier alpha value is -2.92. The molecule has 0 heterocycles. The topological polar surface area (TPSA) is 63.2 Å². The van der Waals surface area contributed by atoms with Gasteiger partial charge >= 0.3 is 0 Å². The van der Waals surface area contributed by atoms with Crippen LogP contribution >= 0.6 is 0 Å². The molecule has 0 amide bonds. The first-order chi connectivity index (χ1) is 13.0. The summed E-state index contributed by atoms with van der Waals surface area (Å²) in [6.45, 7) is 2.09. The van der Waals surface area contributed by atoms with Crippen molar-refractivity contribution in [2.45, 2.75) is 24.7 Å². The summed E-state index contributed by atoms with van der Waals surface area (Å²) >= 11 is 0. The fourth-order valence-electron chi connectivity index (χ4n) is 2.89. The molecule has 5 heteroatoms. The second-order valence-electron chi connectivity index (χ2n) is 6.24. The average Bonchev–Trinajstić information content (AvgIpc) is 2.69. The highest BCUT2D eigenvalue weighted by Crippen LogP contribution is 2.23. The van der Waals surface area contributed by atoms with Gasteiger partial charge in [0.25, 0.3) is 10.0 Å². The Morgan fingerprint density at radius 2 is 1.59 bits per heavy atom. The zero-order valence-corrected chi connectivity index (χ0v) is 15.9. The molecule has 0 aliphatic rings. The largest absolute Gasteiger partial charge is 0.289 e. The van der Waals surface area contributed by atoms with E-state index < -0.39 is 10.0 Å². The number of rotatable bonds is 7. The van der Waals surface area contributed by atoms with Crippen molar-refractivity contribution >= 4 is 21.5 Å². The van der Waals surface area contributed by atoms with Crippen LogP contribution in [-0.4, -0.2) is 14.2 Å². The van der Waals surface area contributed by atoms with Gasteiger partial charge < -0.3 is 0 Å². The normalized spacial score (nSPS) is 11.1. The third-order valence-electron chi connectivity index (χ3n) is 4.20. The summed E-state index contributed by atoms with van der Waals surface area (Å²) in [6.07, 6.45) is 1.88. The van der Waals surface area contributed by atoms with E-state index in [1.807, 2.05) is 18.2 Å². The maximum Gasteiger partial charge on any atom is 0.261 e. The number of nitrogens with one attached hydrogen (secondary N) is 1. The van der Waals surface area contributed by atoms with Crippen molar-refractivity contribution in [2.75, 3.05) is 4.72 Å². The first-order valence-corrected chi connectivity index (χ1v) is 10.3. The number of hydrogen-bond donors (Lipinski definition) is 1. The predicted octanol–water partition coefficient (Wildman–Crippen LogP) is 4.67. The van der Waals surface area contributed by atoms with Gasteiger partial charge in [-0.15, -0.1) is 0 Å². The monoisotopic (exact) mass is 379 g/mol. The van der Waals surface area contributed by atoms with Gasteiger partial charge in [-0.2, -0.15) is 0 Å². The molecule has 4 nitrogen and oxygen atoms in total. The first kappa shape index (κ1) is 18.9. The molecule has 0 atom stereocenters. The highest BCUT2D eigenvalue weighted by molar-refractivity contribution is 7.92. The average molecular weight is 379 g/mol. The summed E-state index contributed by atoms with van der Waals surface area (Å²) in [4.78, 5) is 13.2. The zero-order valence-electron chi connectivity index (χ0n) is 15.1. The van der Waals surface area contributed by atoms with Gasteiger partial charge in [0.05, 0.1) is 10.6 Å². The molecule has 0 saturated heterocycles. The fourth-order valence-corrected chi connectivity index (χ4v) is 3.99. The minimum atomic E-state index is -3.77. The minimum Gasteiger partial charge on any atom is -0.289 e. The summed E-state index contributed by atoms with van der Waals surface area (Å²) in [7, 11) is -3.77. The molecule has 0 fully saturated rings. The highest BCUT2D eigenvalue weighted by Gasteiger charge is 2.19. The number of aryl methyl sites for hydroxylation is 1. The van der Waals surface area contributed by atoms with E-state index in [4.69, 9.17) is 0 Å². The van der Waals surface area contributed by atoms with Crippen molar-refractivity contribution in [3.05, 3.63) is 95.6 Å². The van der Waals surface area contributed by atoms with Crippen LogP contribution < -0.4 is 4.72 Å². The molecule has 0 saturated carbocycles. The number of benzene rings is 3. The number of ketones is 1. The molecule has 3 aromatic rings. The Bertz CT molecular complexity index is 1040. The van der Waals surface area contributed by atoms with Crippen molar-refractivity contribution in [3.63, 3.8) is 0 Å². The Kier molecular flexibility index (Phi) is 5.72. The molecule has 0 aliphatic carbocycles. The van der Waals surface area contributed by atoms with Crippen LogP contribution in [0, 0.1) is 0 Å². The molecule has 3 rings (SSSR count). The van der Waals surface area contributed by atoms with Crippen molar-refractivity contribution in [1.29, 1.82) is 0 Å². The van der Waals surface area contributed by atoms with Gasteiger partial charge in [-0.3, -0.25) is 9.52 Å².